The Bertz CT molecular complexity index is 904. The molecule has 0 aliphatic carbocycles. The van der Waals surface area contributed by atoms with Crippen LogP contribution in [0.2, 0.25) is 0 Å². The van der Waals surface area contributed by atoms with Gasteiger partial charge in [-0.3, -0.25) is 14.4 Å². The zero-order valence-electron chi connectivity index (χ0n) is 25.5. The minimum Gasteiger partial charge on any atom is -0.479 e. The summed E-state index contributed by atoms with van der Waals surface area (Å²) in [6.45, 7) is 1.16. The normalized spacial score (nSPS) is 15.6. The summed E-state index contributed by atoms with van der Waals surface area (Å²) in [6, 6.07) is 0. The van der Waals surface area contributed by atoms with Gasteiger partial charge >= 0.3 is 29.8 Å². The van der Waals surface area contributed by atoms with Gasteiger partial charge in [0.15, 0.2) is 11.7 Å². The summed E-state index contributed by atoms with van der Waals surface area (Å²) in [5.41, 5.74) is -3.14. The Balaban J connectivity index is 4.37. The lowest BCUT2D eigenvalue weighted by Gasteiger charge is -2.24. The molecule has 44 heavy (non-hydrogen) atoms. The molecule has 0 radical (unpaired) electrons. The van der Waals surface area contributed by atoms with E-state index in [1.165, 1.54) is 38.5 Å². The minimum absolute atomic E-state index is 0.122. The Hall–Kier alpha value is -2.75. The van der Waals surface area contributed by atoms with Crippen LogP contribution >= 0.6 is 0 Å². The summed E-state index contributed by atoms with van der Waals surface area (Å²) in [6.07, 6.45) is 5.99. The number of hydrogen-bond acceptors (Lipinski definition) is 13. The molecule has 0 heterocycles. The highest BCUT2D eigenvalue weighted by Crippen LogP contribution is 2.19. The Morgan fingerprint density at radius 2 is 1.16 bits per heavy atom. The second-order valence-corrected chi connectivity index (χ2v) is 10.8. The van der Waals surface area contributed by atoms with E-state index in [1.54, 1.807) is 0 Å². The molecule has 5 atom stereocenters. The molecular formula is C30H50O14. The van der Waals surface area contributed by atoms with E-state index in [1.807, 2.05) is 0 Å². The molecule has 0 amide bonds. The molecule has 0 rings (SSSR count). The van der Waals surface area contributed by atoms with Crippen molar-refractivity contribution in [1.82, 2.24) is 0 Å². The third-order valence-corrected chi connectivity index (χ3v) is 6.85. The van der Waals surface area contributed by atoms with E-state index in [0.717, 1.165) is 32.1 Å². The van der Waals surface area contributed by atoms with Crippen molar-refractivity contribution in [2.24, 2.45) is 0 Å². The SMILES string of the molecule is CCCCCCCC/C=C\CCCCCCCC(=O)OC(=O)CC(O)(CC(=O)OC(=O)[C@H](O)[C@@H](O)[C@H](O)[C@H](O)CO)C(=O)O. The lowest BCUT2D eigenvalue weighted by molar-refractivity contribution is -0.183. The van der Waals surface area contributed by atoms with E-state index in [0.29, 0.717) is 12.8 Å². The largest absolute Gasteiger partial charge is 0.479 e. The predicted octanol–water partition coefficient (Wildman–Crippen LogP) is 1.20. The van der Waals surface area contributed by atoms with E-state index in [4.69, 9.17) is 5.11 Å². The van der Waals surface area contributed by atoms with Crippen molar-refractivity contribution in [2.75, 3.05) is 6.61 Å². The zero-order chi connectivity index (χ0) is 33.5. The highest BCUT2D eigenvalue weighted by Gasteiger charge is 2.44. The van der Waals surface area contributed by atoms with Crippen molar-refractivity contribution >= 4 is 29.8 Å². The maximum atomic E-state index is 12.1. The number of carboxylic acids is 1. The van der Waals surface area contributed by atoms with Gasteiger partial charge < -0.3 is 45.2 Å². The van der Waals surface area contributed by atoms with E-state index in [2.05, 4.69) is 28.5 Å². The molecule has 14 nitrogen and oxygen atoms in total. The van der Waals surface area contributed by atoms with Crippen molar-refractivity contribution in [2.45, 2.75) is 140 Å². The monoisotopic (exact) mass is 634 g/mol. The molecule has 0 spiro atoms. The number of esters is 4. The first kappa shape index (κ1) is 41.2. The third kappa shape index (κ3) is 18.1. The number of allylic oxidation sites excluding steroid dienone is 2. The van der Waals surface area contributed by atoms with Gasteiger partial charge in [0.05, 0.1) is 19.4 Å². The van der Waals surface area contributed by atoms with Gasteiger partial charge in [0.1, 0.15) is 18.3 Å². The van der Waals surface area contributed by atoms with Gasteiger partial charge in [-0.15, -0.1) is 0 Å². The Morgan fingerprint density at radius 1 is 0.682 bits per heavy atom. The van der Waals surface area contributed by atoms with Crippen LogP contribution in [0.15, 0.2) is 12.2 Å². The first-order valence-corrected chi connectivity index (χ1v) is 15.2. The number of aliphatic hydroxyl groups excluding tert-OH is 5. The van der Waals surface area contributed by atoms with Crippen LogP contribution < -0.4 is 0 Å². The van der Waals surface area contributed by atoms with E-state index in [-0.39, 0.29) is 6.42 Å². The average Bonchev–Trinajstić information content (AvgIpc) is 2.96. The van der Waals surface area contributed by atoms with Gasteiger partial charge in [-0.2, -0.15) is 0 Å². The minimum atomic E-state index is -3.14. The number of ether oxygens (including phenoxy) is 2. The third-order valence-electron chi connectivity index (χ3n) is 6.85. The van der Waals surface area contributed by atoms with Crippen LogP contribution in [0.4, 0.5) is 0 Å². The summed E-state index contributed by atoms with van der Waals surface area (Å²) in [4.78, 5) is 59.4. The Kier molecular flexibility index (Phi) is 22.1. The Morgan fingerprint density at radius 3 is 1.66 bits per heavy atom. The van der Waals surface area contributed by atoms with Crippen LogP contribution in [0.3, 0.4) is 0 Å². The molecule has 0 saturated heterocycles. The number of carboxylic acid groups (broad SMARTS) is 1. The Labute approximate surface area is 257 Å². The molecule has 14 heteroatoms. The first-order chi connectivity index (χ1) is 20.8. The lowest BCUT2D eigenvalue weighted by atomic mass is 9.96. The van der Waals surface area contributed by atoms with Gasteiger partial charge in [-0.05, 0) is 32.1 Å². The van der Waals surface area contributed by atoms with Gasteiger partial charge in [0.25, 0.3) is 0 Å². The number of hydrogen-bond donors (Lipinski definition) is 7. The van der Waals surface area contributed by atoms with Gasteiger partial charge in [0, 0.05) is 6.42 Å². The fraction of sp³-hybridized carbons (Fsp3) is 0.767. The highest BCUT2D eigenvalue weighted by molar-refractivity contribution is 5.94. The van der Waals surface area contributed by atoms with Gasteiger partial charge in [-0.25, -0.2) is 9.59 Å². The van der Waals surface area contributed by atoms with Crippen molar-refractivity contribution in [3.63, 3.8) is 0 Å². The van der Waals surface area contributed by atoms with E-state index < -0.39 is 79.3 Å². The quantitative estimate of drug-likeness (QED) is 0.0323. The van der Waals surface area contributed by atoms with Gasteiger partial charge in [0.2, 0.25) is 0 Å². The molecule has 0 aliphatic rings. The van der Waals surface area contributed by atoms with Crippen LogP contribution in [0, 0.1) is 0 Å². The van der Waals surface area contributed by atoms with Crippen LogP contribution in [0.1, 0.15) is 110 Å². The highest BCUT2D eigenvalue weighted by atomic mass is 16.6. The van der Waals surface area contributed by atoms with Crippen molar-refractivity contribution < 1.29 is 69.2 Å². The molecule has 0 aromatic carbocycles. The summed E-state index contributed by atoms with van der Waals surface area (Å²) in [7, 11) is 0. The van der Waals surface area contributed by atoms with Crippen molar-refractivity contribution in [3.05, 3.63) is 12.2 Å². The predicted molar refractivity (Wildman–Crippen MR) is 155 cm³/mol. The number of aliphatic carboxylic acids is 1. The topological polar surface area (TPSA) is 245 Å². The summed E-state index contributed by atoms with van der Waals surface area (Å²) >= 11 is 0. The maximum Gasteiger partial charge on any atom is 0.345 e. The van der Waals surface area contributed by atoms with Crippen LogP contribution in [-0.4, -0.2) is 102 Å². The zero-order valence-corrected chi connectivity index (χ0v) is 25.5. The number of rotatable bonds is 25. The standard InChI is InChI=1S/C30H50O14/c1-2-3-4-5-6-7-8-9-10-11-12-13-14-15-16-17-22(33)43-23(34)18-30(42,29(40)41)19-24(35)44-28(39)27(38)26(37)25(36)21(32)20-31/h9-10,21,25-27,31-32,36-38,42H,2-8,11-20H2,1H3,(H,40,41)/b10-9-/t21-,25-,26+,27-,30?/m1/s1. The molecule has 7 N–H and O–H groups in total. The second-order valence-electron chi connectivity index (χ2n) is 10.8. The lowest BCUT2D eigenvalue weighted by Crippen LogP contribution is -2.50. The van der Waals surface area contributed by atoms with Crippen LogP contribution in [-0.2, 0) is 33.4 Å². The number of carbonyl (C=O) groups is 5. The van der Waals surface area contributed by atoms with E-state index in [9.17, 15) is 54.6 Å². The van der Waals surface area contributed by atoms with Crippen LogP contribution in [0.5, 0.6) is 0 Å². The molecule has 0 aromatic rings. The second kappa shape index (κ2) is 23.6. The summed E-state index contributed by atoms with van der Waals surface area (Å²) in [5.74, 6) is -8.08. The molecule has 1 unspecified atom stereocenters. The summed E-state index contributed by atoms with van der Waals surface area (Å²) in [5, 5.41) is 66.4. The summed E-state index contributed by atoms with van der Waals surface area (Å²) < 4.78 is 8.69. The fourth-order valence-corrected chi connectivity index (χ4v) is 4.12. The molecule has 0 aliphatic heterocycles. The molecule has 254 valence electrons. The number of aliphatic hydroxyl groups is 6. The molecule has 0 saturated carbocycles. The molecular weight excluding hydrogens is 584 g/mol. The van der Waals surface area contributed by atoms with Crippen LogP contribution in [0.25, 0.3) is 0 Å². The van der Waals surface area contributed by atoms with Crippen molar-refractivity contribution in [1.29, 1.82) is 0 Å². The smallest absolute Gasteiger partial charge is 0.345 e. The fourth-order valence-electron chi connectivity index (χ4n) is 4.12. The molecule has 0 bridgehead atoms. The molecule has 0 aromatic heterocycles. The molecule has 0 fully saturated rings. The van der Waals surface area contributed by atoms with E-state index >= 15 is 0 Å². The maximum absolute atomic E-state index is 12.1. The number of unbranched alkanes of at least 4 members (excludes halogenated alkanes) is 11. The average molecular weight is 635 g/mol. The van der Waals surface area contributed by atoms with Gasteiger partial charge in [-0.1, -0.05) is 70.4 Å². The first-order valence-electron chi connectivity index (χ1n) is 15.2. The number of carbonyl (C=O) groups excluding carboxylic acids is 4. The van der Waals surface area contributed by atoms with Crippen molar-refractivity contribution in [3.8, 4) is 0 Å².